The minimum absolute atomic E-state index is 0.111. The van der Waals surface area contributed by atoms with Crippen LogP contribution in [-0.4, -0.2) is 26.4 Å². The fourth-order valence-electron chi connectivity index (χ4n) is 2.60. The van der Waals surface area contributed by atoms with E-state index in [0.717, 1.165) is 16.7 Å². The lowest BCUT2D eigenvalue weighted by atomic mass is 10.1. The zero-order chi connectivity index (χ0) is 16.4. The van der Waals surface area contributed by atoms with Crippen molar-refractivity contribution in [3.05, 3.63) is 47.7 Å². The number of benzene rings is 2. The smallest absolute Gasteiger partial charge is 0.204 e. The van der Waals surface area contributed by atoms with Gasteiger partial charge in [0.15, 0.2) is 22.8 Å². The lowest BCUT2D eigenvalue weighted by Gasteiger charge is -2.07. The van der Waals surface area contributed by atoms with Gasteiger partial charge in [-0.05, 0) is 35.9 Å². The Hall–Kier alpha value is -2.82. The molecule has 0 fully saturated rings. The molecule has 5 heteroatoms. The number of furan rings is 1. The third-order valence-electron chi connectivity index (χ3n) is 3.70. The second kappa shape index (κ2) is 6.12. The molecule has 1 aromatic heterocycles. The summed E-state index contributed by atoms with van der Waals surface area (Å²) in [6.45, 7) is 0. The first kappa shape index (κ1) is 15.1. The summed E-state index contributed by atoms with van der Waals surface area (Å²) in [6.07, 6.45) is 0.553. The molecule has 1 heterocycles. The number of fused-ring (bicyclic) bond motifs is 1. The van der Waals surface area contributed by atoms with E-state index in [2.05, 4.69) is 0 Å². The van der Waals surface area contributed by atoms with Gasteiger partial charge in [0.2, 0.25) is 5.75 Å². The van der Waals surface area contributed by atoms with Crippen molar-refractivity contribution in [3.8, 4) is 23.0 Å². The van der Waals surface area contributed by atoms with Gasteiger partial charge >= 0.3 is 0 Å². The predicted octanol–water partition coefficient (Wildman–Crippen LogP) is 3.76. The average Bonchev–Trinajstić information content (AvgIpc) is 2.96. The molecular formula is C18H18O5. The van der Waals surface area contributed by atoms with E-state index in [1.807, 2.05) is 24.3 Å². The van der Waals surface area contributed by atoms with Gasteiger partial charge in [0, 0.05) is 11.8 Å². The maximum atomic E-state index is 9.87. The summed E-state index contributed by atoms with van der Waals surface area (Å²) in [4.78, 5) is 0. The lowest BCUT2D eigenvalue weighted by Crippen LogP contribution is -1.90. The van der Waals surface area contributed by atoms with Crippen LogP contribution in [0, 0.1) is 0 Å². The monoisotopic (exact) mass is 314 g/mol. The lowest BCUT2D eigenvalue weighted by molar-refractivity contribution is 0.352. The Bertz CT molecular complexity index is 835. The number of hydrogen-bond donors (Lipinski definition) is 1. The Kier molecular flexibility index (Phi) is 4.02. The van der Waals surface area contributed by atoms with Crippen LogP contribution in [0.2, 0.25) is 0 Å². The zero-order valence-electron chi connectivity index (χ0n) is 13.3. The van der Waals surface area contributed by atoms with Crippen LogP contribution in [0.4, 0.5) is 0 Å². The number of phenolic OH excluding ortho intramolecular Hbond substituents is 1. The maximum absolute atomic E-state index is 9.87. The number of aromatic hydroxyl groups is 1. The topological polar surface area (TPSA) is 61.1 Å². The van der Waals surface area contributed by atoms with E-state index in [1.54, 1.807) is 26.4 Å². The van der Waals surface area contributed by atoms with Crippen molar-refractivity contribution in [1.82, 2.24) is 0 Å². The SMILES string of the molecule is COc1ccc(Cc2cc3ccc(OC)c(OC)c3o2)cc1O. The molecule has 3 aromatic rings. The van der Waals surface area contributed by atoms with Crippen LogP contribution in [0.15, 0.2) is 40.8 Å². The van der Waals surface area contributed by atoms with Crippen molar-refractivity contribution in [1.29, 1.82) is 0 Å². The van der Waals surface area contributed by atoms with Gasteiger partial charge in [-0.25, -0.2) is 0 Å². The van der Waals surface area contributed by atoms with Gasteiger partial charge in [0.05, 0.1) is 21.3 Å². The molecule has 0 aliphatic rings. The third-order valence-corrected chi connectivity index (χ3v) is 3.70. The van der Waals surface area contributed by atoms with Crippen LogP contribution < -0.4 is 14.2 Å². The van der Waals surface area contributed by atoms with E-state index in [-0.39, 0.29) is 5.75 Å². The van der Waals surface area contributed by atoms with E-state index in [1.165, 1.54) is 7.11 Å². The molecule has 0 amide bonds. The van der Waals surface area contributed by atoms with Crippen LogP contribution in [0.1, 0.15) is 11.3 Å². The maximum Gasteiger partial charge on any atom is 0.204 e. The zero-order valence-corrected chi connectivity index (χ0v) is 13.3. The molecule has 2 aromatic carbocycles. The van der Waals surface area contributed by atoms with Gasteiger partial charge in [-0.2, -0.15) is 0 Å². The second-order valence-electron chi connectivity index (χ2n) is 5.12. The Morgan fingerprint density at radius 1 is 0.913 bits per heavy atom. The fourth-order valence-corrected chi connectivity index (χ4v) is 2.60. The first-order valence-electron chi connectivity index (χ1n) is 7.15. The summed E-state index contributed by atoms with van der Waals surface area (Å²) >= 11 is 0. The van der Waals surface area contributed by atoms with Crippen molar-refractivity contribution in [2.24, 2.45) is 0 Å². The summed E-state index contributed by atoms with van der Waals surface area (Å²) in [5, 5.41) is 10.8. The largest absolute Gasteiger partial charge is 0.504 e. The van der Waals surface area contributed by atoms with E-state index in [9.17, 15) is 5.11 Å². The number of rotatable bonds is 5. The minimum Gasteiger partial charge on any atom is -0.504 e. The Balaban J connectivity index is 1.96. The van der Waals surface area contributed by atoms with Crippen LogP contribution in [0.3, 0.4) is 0 Å². The van der Waals surface area contributed by atoms with Crippen LogP contribution >= 0.6 is 0 Å². The van der Waals surface area contributed by atoms with E-state index in [4.69, 9.17) is 18.6 Å². The molecule has 3 rings (SSSR count). The van der Waals surface area contributed by atoms with Crippen molar-refractivity contribution in [2.45, 2.75) is 6.42 Å². The quantitative estimate of drug-likeness (QED) is 0.777. The summed E-state index contributed by atoms with van der Waals surface area (Å²) in [6, 6.07) is 11.0. The van der Waals surface area contributed by atoms with Crippen molar-refractivity contribution in [2.75, 3.05) is 21.3 Å². The summed E-state index contributed by atoms with van der Waals surface area (Å²) in [5.74, 6) is 2.54. The molecule has 120 valence electrons. The van der Waals surface area contributed by atoms with Crippen molar-refractivity contribution in [3.63, 3.8) is 0 Å². The van der Waals surface area contributed by atoms with E-state index in [0.29, 0.717) is 29.3 Å². The van der Waals surface area contributed by atoms with Gasteiger partial charge in [-0.1, -0.05) is 6.07 Å². The number of phenols is 1. The highest BCUT2D eigenvalue weighted by Crippen LogP contribution is 2.37. The fraction of sp³-hybridized carbons (Fsp3) is 0.222. The highest BCUT2D eigenvalue weighted by atomic mass is 16.5. The molecule has 0 unspecified atom stereocenters. The molecule has 5 nitrogen and oxygen atoms in total. The molecule has 0 aliphatic carbocycles. The molecular weight excluding hydrogens is 296 g/mol. The van der Waals surface area contributed by atoms with Crippen LogP contribution in [-0.2, 0) is 6.42 Å². The highest BCUT2D eigenvalue weighted by molar-refractivity contribution is 5.86. The molecule has 0 radical (unpaired) electrons. The molecule has 0 spiro atoms. The molecule has 23 heavy (non-hydrogen) atoms. The summed E-state index contributed by atoms with van der Waals surface area (Å²) in [7, 11) is 4.70. The van der Waals surface area contributed by atoms with Gasteiger partial charge in [-0.15, -0.1) is 0 Å². The Labute approximate surface area is 134 Å². The van der Waals surface area contributed by atoms with E-state index < -0.39 is 0 Å². The summed E-state index contributed by atoms with van der Waals surface area (Å²) in [5.41, 5.74) is 1.58. The van der Waals surface area contributed by atoms with E-state index >= 15 is 0 Å². The van der Waals surface area contributed by atoms with Crippen LogP contribution in [0.25, 0.3) is 11.0 Å². The third kappa shape index (κ3) is 2.77. The Morgan fingerprint density at radius 2 is 1.65 bits per heavy atom. The number of methoxy groups -OCH3 is 3. The predicted molar refractivity (Wildman–Crippen MR) is 86.8 cm³/mol. The highest BCUT2D eigenvalue weighted by Gasteiger charge is 2.14. The first-order chi connectivity index (χ1) is 11.2. The van der Waals surface area contributed by atoms with Crippen LogP contribution in [0.5, 0.6) is 23.0 Å². The molecule has 1 N–H and O–H groups in total. The Morgan fingerprint density at radius 3 is 2.30 bits per heavy atom. The van der Waals surface area contributed by atoms with Gasteiger partial charge in [0.1, 0.15) is 5.76 Å². The molecule has 0 saturated carbocycles. The van der Waals surface area contributed by atoms with Gasteiger partial charge in [-0.3, -0.25) is 0 Å². The number of ether oxygens (including phenoxy) is 3. The van der Waals surface area contributed by atoms with Gasteiger partial charge < -0.3 is 23.7 Å². The minimum atomic E-state index is 0.111. The number of hydrogen-bond acceptors (Lipinski definition) is 5. The van der Waals surface area contributed by atoms with Gasteiger partial charge in [0.25, 0.3) is 0 Å². The standard InChI is InChI=1S/C18H18O5/c1-20-15-6-4-11(9-14(15)19)8-13-10-12-5-7-16(21-2)18(22-3)17(12)23-13/h4-7,9-10,19H,8H2,1-3H3. The second-order valence-corrected chi connectivity index (χ2v) is 5.12. The average molecular weight is 314 g/mol. The molecule has 0 atom stereocenters. The normalized spacial score (nSPS) is 10.7. The summed E-state index contributed by atoms with van der Waals surface area (Å²) < 4.78 is 21.6. The van der Waals surface area contributed by atoms with Crippen molar-refractivity contribution < 1.29 is 23.7 Å². The molecule has 0 aliphatic heterocycles. The van der Waals surface area contributed by atoms with Crippen molar-refractivity contribution >= 4 is 11.0 Å². The molecule has 0 saturated heterocycles. The first-order valence-corrected chi connectivity index (χ1v) is 7.15. The molecule has 0 bridgehead atoms.